The maximum Gasteiger partial charge on any atom is 0.411 e. The van der Waals surface area contributed by atoms with Crippen LogP contribution < -0.4 is 10.6 Å². The van der Waals surface area contributed by atoms with Crippen LogP contribution >= 0.6 is 0 Å². The van der Waals surface area contributed by atoms with Gasteiger partial charge in [0.2, 0.25) is 0 Å². The van der Waals surface area contributed by atoms with Gasteiger partial charge >= 0.3 is 6.18 Å². The summed E-state index contributed by atoms with van der Waals surface area (Å²) in [5.74, 6) is 1.28. The molecule has 1 fully saturated rings. The van der Waals surface area contributed by atoms with Crippen LogP contribution in [0.25, 0.3) is 0 Å². The molecule has 5 nitrogen and oxygen atoms in total. The minimum absolute atomic E-state index is 0.0502. The molecule has 8 heteroatoms. The first-order valence-corrected chi connectivity index (χ1v) is 9.75. The molecule has 1 atom stereocenters. The number of rotatable bonds is 9. The fraction of sp³-hybridized carbons (Fsp3) is 0.650. The smallest absolute Gasteiger partial charge is 0.367 e. The number of nitrogens with zero attached hydrogens (tertiary/aromatic N) is 2. The molecule has 1 aromatic rings. The monoisotopic (exact) mass is 400 g/mol. The van der Waals surface area contributed by atoms with Gasteiger partial charge in [-0.1, -0.05) is 31.2 Å². The van der Waals surface area contributed by atoms with Crippen molar-refractivity contribution in [1.29, 1.82) is 0 Å². The quantitative estimate of drug-likeness (QED) is 0.494. The van der Waals surface area contributed by atoms with Crippen molar-refractivity contribution in [3.63, 3.8) is 0 Å². The first-order chi connectivity index (χ1) is 13.4. The van der Waals surface area contributed by atoms with E-state index in [1.807, 2.05) is 12.1 Å². The van der Waals surface area contributed by atoms with Crippen molar-refractivity contribution >= 4 is 5.96 Å². The van der Waals surface area contributed by atoms with Gasteiger partial charge in [0.15, 0.2) is 5.96 Å². The van der Waals surface area contributed by atoms with Gasteiger partial charge in [-0.3, -0.25) is 4.99 Å². The van der Waals surface area contributed by atoms with Gasteiger partial charge in [0.25, 0.3) is 0 Å². The van der Waals surface area contributed by atoms with Gasteiger partial charge in [0.05, 0.1) is 6.61 Å². The first kappa shape index (κ1) is 22.5. The van der Waals surface area contributed by atoms with Gasteiger partial charge in [-0.15, -0.1) is 0 Å². The Morgan fingerprint density at radius 3 is 2.39 bits per heavy atom. The minimum Gasteiger partial charge on any atom is -0.367 e. The van der Waals surface area contributed by atoms with Crippen molar-refractivity contribution in [3.8, 4) is 0 Å². The Labute approximate surface area is 165 Å². The van der Waals surface area contributed by atoms with Crippen LogP contribution in [0.3, 0.4) is 0 Å². The molecule has 2 N–H and O–H groups in total. The molecule has 0 bridgehead atoms. The third-order valence-electron chi connectivity index (χ3n) is 4.63. The van der Waals surface area contributed by atoms with Gasteiger partial charge < -0.3 is 20.3 Å². The van der Waals surface area contributed by atoms with Crippen molar-refractivity contribution < 1.29 is 17.9 Å². The van der Waals surface area contributed by atoms with E-state index in [0.29, 0.717) is 18.0 Å². The molecule has 0 aliphatic carbocycles. The third kappa shape index (κ3) is 8.93. The Morgan fingerprint density at radius 1 is 1.14 bits per heavy atom. The normalized spacial score (nSPS) is 17.0. The van der Waals surface area contributed by atoms with Gasteiger partial charge in [0, 0.05) is 26.7 Å². The average Bonchev–Trinajstić information content (AvgIpc) is 3.15. The van der Waals surface area contributed by atoms with E-state index in [1.165, 1.54) is 25.9 Å². The van der Waals surface area contributed by atoms with E-state index < -0.39 is 12.8 Å². The Hall–Kier alpha value is -1.80. The fourth-order valence-electron chi connectivity index (χ4n) is 3.19. The van der Waals surface area contributed by atoms with E-state index in [0.717, 1.165) is 24.6 Å². The zero-order chi connectivity index (χ0) is 20.4. The molecule has 1 heterocycles. The zero-order valence-electron chi connectivity index (χ0n) is 16.7. The molecule has 1 aromatic carbocycles. The number of benzene rings is 1. The molecule has 2 rings (SSSR count). The summed E-state index contributed by atoms with van der Waals surface area (Å²) in [5, 5.41) is 6.61. The molecular weight excluding hydrogens is 369 g/mol. The maximum absolute atomic E-state index is 12.1. The Kier molecular flexibility index (Phi) is 9.05. The van der Waals surface area contributed by atoms with E-state index in [-0.39, 0.29) is 6.61 Å². The highest BCUT2D eigenvalue weighted by molar-refractivity contribution is 5.79. The number of likely N-dealkylation sites (tertiary alicyclic amines) is 1. The number of hydrogen-bond donors (Lipinski definition) is 2. The van der Waals surface area contributed by atoms with Crippen molar-refractivity contribution in [2.45, 2.75) is 39.1 Å². The second kappa shape index (κ2) is 11.3. The first-order valence-electron chi connectivity index (χ1n) is 9.75. The molecule has 0 amide bonds. The molecule has 1 aliphatic rings. The summed E-state index contributed by atoms with van der Waals surface area (Å²) < 4.78 is 40.9. The van der Waals surface area contributed by atoms with Crippen LogP contribution in [-0.2, 0) is 17.9 Å². The number of halogens is 3. The third-order valence-corrected chi connectivity index (χ3v) is 4.63. The largest absolute Gasteiger partial charge is 0.411 e. The SMILES string of the molecule is CN=C(NCc1ccc(COCC(F)(F)F)cc1)NCC(C)CN1CCCC1. The fourth-order valence-corrected chi connectivity index (χ4v) is 3.19. The zero-order valence-corrected chi connectivity index (χ0v) is 16.7. The molecule has 158 valence electrons. The number of alkyl halides is 3. The van der Waals surface area contributed by atoms with Gasteiger partial charge in [-0.2, -0.15) is 13.2 Å². The lowest BCUT2D eigenvalue weighted by Crippen LogP contribution is -2.41. The molecule has 1 unspecified atom stereocenters. The highest BCUT2D eigenvalue weighted by atomic mass is 19.4. The van der Waals surface area contributed by atoms with Crippen LogP contribution in [0.4, 0.5) is 13.2 Å². The van der Waals surface area contributed by atoms with Crippen molar-refractivity contribution in [1.82, 2.24) is 15.5 Å². The molecule has 28 heavy (non-hydrogen) atoms. The summed E-state index contributed by atoms with van der Waals surface area (Å²) in [7, 11) is 1.74. The topological polar surface area (TPSA) is 48.9 Å². The number of guanidine groups is 1. The number of ether oxygens (including phenoxy) is 1. The molecule has 0 saturated carbocycles. The van der Waals surface area contributed by atoms with Crippen LogP contribution in [-0.4, -0.2) is 56.9 Å². The lowest BCUT2D eigenvalue weighted by atomic mass is 10.1. The predicted molar refractivity (Wildman–Crippen MR) is 105 cm³/mol. The average molecular weight is 400 g/mol. The van der Waals surface area contributed by atoms with E-state index in [9.17, 15) is 13.2 Å². The Morgan fingerprint density at radius 2 is 1.79 bits per heavy atom. The summed E-state index contributed by atoms with van der Waals surface area (Å²) in [5.41, 5.74) is 1.74. The van der Waals surface area contributed by atoms with Crippen LogP contribution in [0, 0.1) is 5.92 Å². The van der Waals surface area contributed by atoms with Crippen molar-refractivity contribution in [3.05, 3.63) is 35.4 Å². The molecule has 1 aliphatic heterocycles. The highest BCUT2D eigenvalue weighted by Gasteiger charge is 2.27. The molecule has 0 radical (unpaired) electrons. The van der Waals surface area contributed by atoms with Crippen LogP contribution in [0.5, 0.6) is 0 Å². The number of hydrogen-bond acceptors (Lipinski definition) is 3. The van der Waals surface area contributed by atoms with Crippen molar-refractivity contribution in [2.75, 3.05) is 39.8 Å². The van der Waals surface area contributed by atoms with E-state index in [4.69, 9.17) is 0 Å². The van der Waals surface area contributed by atoms with Gasteiger partial charge in [0.1, 0.15) is 6.61 Å². The van der Waals surface area contributed by atoms with Gasteiger partial charge in [-0.25, -0.2) is 0 Å². The van der Waals surface area contributed by atoms with E-state index in [2.05, 4.69) is 32.2 Å². The molecule has 1 saturated heterocycles. The molecule has 0 spiro atoms. The highest BCUT2D eigenvalue weighted by Crippen LogP contribution is 2.16. The predicted octanol–water partition coefficient (Wildman–Crippen LogP) is 3.16. The summed E-state index contributed by atoms with van der Waals surface area (Å²) in [6.07, 6.45) is -1.69. The summed E-state index contributed by atoms with van der Waals surface area (Å²) >= 11 is 0. The maximum atomic E-state index is 12.1. The molecule has 0 aromatic heterocycles. The standard InChI is InChI=1S/C20H31F3N4O/c1-16(13-27-9-3-4-10-27)11-25-19(24-2)26-12-17-5-7-18(8-6-17)14-28-15-20(21,22)23/h5-8,16H,3-4,9-15H2,1-2H3,(H2,24,25,26). The summed E-state index contributed by atoms with van der Waals surface area (Å²) in [4.78, 5) is 6.74. The number of nitrogens with one attached hydrogen (secondary N) is 2. The summed E-state index contributed by atoms with van der Waals surface area (Å²) in [6.45, 7) is 5.90. The van der Waals surface area contributed by atoms with Crippen LogP contribution in [0.15, 0.2) is 29.3 Å². The molecular formula is C20H31F3N4O. The van der Waals surface area contributed by atoms with Crippen LogP contribution in [0.1, 0.15) is 30.9 Å². The lowest BCUT2D eigenvalue weighted by Gasteiger charge is -2.21. The van der Waals surface area contributed by atoms with E-state index >= 15 is 0 Å². The Balaban J connectivity index is 1.67. The van der Waals surface area contributed by atoms with Crippen LogP contribution in [0.2, 0.25) is 0 Å². The minimum atomic E-state index is -4.29. The second-order valence-electron chi connectivity index (χ2n) is 7.34. The summed E-state index contributed by atoms with van der Waals surface area (Å²) in [6, 6.07) is 7.31. The Bertz CT molecular complexity index is 598. The lowest BCUT2D eigenvalue weighted by molar-refractivity contribution is -0.176. The van der Waals surface area contributed by atoms with E-state index in [1.54, 1.807) is 19.2 Å². The number of aliphatic imine (C=N–C) groups is 1. The van der Waals surface area contributed by atoms with Crippen molar-refractivity contribution in [2.24, 2.45) is 10.9 Å². The van der Waals surface area contributed by atoms with Gasteiger partial charge in [-0.05, 0) is 43.0 Å². The second-order valence-corrected chi connectivity index (χ2v) is 7.34.